The summed E-state index contributed by atoms with van der Waals surface area (Å²) in [6, 6.07) is 0. The van der Waals surface area contributed by atoms with Crippen molar-refractivity contribution in [1.82, 2.24) is 19.8 Å². The zero-order valence-electron chi connectivity index (χ0n) is 10.4. The number of carboxylic acid groups (broad SMARTS) is 1. The molecule has 0 saturated heterocycles. The molecule has 1 saturated carbocycles. The van der Waals surface area contributed by atoms with E-state index in [9.17, 15) is 4.79 Å². The Bertz CT molecular complexity index is 608. The van der Waals surface area contributed by atoms with E-state index < -0.39 is 5.97 Å². The third kappa shape index (κ3) is 2.21. The smallest absolute Gasteiger partial charge is 0.306 e. The maximum absolute atomic E-state index is 11.0. The Morgan fingerprint density at radius 1 is 1.53 bits per heavy atom. The number of rotatable bonds is 4. The van der Waals surface area contributed by atoms with Crippen molar-refractivity contribution >= 4 is 22.3 Å². The standard InChI is InChI=1S/C11H14N4O3S/c1-18-5-8-12-13-11-15(8)14-9(19-11)6-2-3-7(4-6)10(16)17/h6-7H,2-5H2,1H3,(H,16,17). The summed E-state index contributed by atoms with van der Waals surface area (Å²) >= 11 is 1.48. The quantitative estimate of drug-likeness (QED) is 0.909. The summed E-state index contributed by atoms with van der Waals surface area (Å²) in [4.78, 5) is 11.7. The fourth-order valence-electron chi connectivity index (χ4n) is 2.49. The van der Waals surface area contributed by atoms with Gasteiger partial charge in [0, 0.05) is 13.0 Å². The first-order valence-electron chi connectivity index (χ1n) is 6.11. The van der Waals surface area contributed by atoms with Crippen molar-refractivity contribution in [2.75, 3.05) is 7.11 Å². The zero-order chi connectivity index (χ0) is 13.4. The molecular weight excluding hydrogens is 268 g/mol. The second-order valence-corrected chi connectivity index (χ2v) is 5.72. The molecule has 1 aliphatic carbocycles. The second kappa shape index (κ2) is 4.86. The van der Waals surface area contributed by atoms with Gasteiger partial charge in [0.15, 0.2) is 5.82 Å². The predicted molar refractivity (Wildman–Crippen MR) is 67.1 cm³/mol. The molecule has 1 aliphatic rings. The first-order chi connectivity index (χ1) is 9.19. The number of hydrogen-bond donors (Lipinski definition) is 1. The normalized spacial score (nSPS) is 23.2. The van der Waals surface area contributed by atoms with Crippen molar-refractivity contribution in [2.45, 2.75) is 31.8 Å². The third-order valence-corrected chi connectivity index (χ3v) is 4.54. The first-order valence-corrected chi connectivity index (χ1v) is 6.93. The molecule has 0 amide bonds. The summed E-state index contributed by atoms with van der Waals surface area (Å²) in [7, 11) is 1.60. The number of aliphatic carboxylic acids is 1. The number of nitrogens with zero attached hydrogens (tertiary/aromatic N) is 4. The monoisotopic (exact) mass is 282 g/mol. The molecule has 19 heavy (non-hydrogen) atoms. The summed E-state index contributed by atoms with van der Waals surface area (Å²) in [5, 5.41) is 22.5. The number of ether oxygens (including phenoxy) is 1. The van der Waals surface area contributed by atoms with Crippen molar-refractivity contribution in [3.8, 4) is 0 Å². The molecule has 102 valence electrons. The van der Waals surface area contributed by atoms with Crippen LogP contribution in [0.4, 0.5) is 0 Å². The molecule has 1 N–H and O–H groups in total. The minimum absolute atomic E-state index is 0.225. The Kier molecular flexibility index (Phi) is 3.19. The lowest BCUT2D eigenvalue weighted by molar-refractivity contribution is -0.141. The van der Waals surface area contributed by atoms with Crippen LogP contribution in [-0.4, -0.2) is 38.0 Å². The molecule has 0 bridgehead atoms. The maximum Gasteiger partial charge on any atom is 0.306 e. The fourth-order valence-corrected chi connectivity index (χ4v) is 3.49. The van der Waals surface area contributed by atoms with Crippen LogP contribution < -0.4 is 0 Å². The average molecular weight is 282 g/mol. The van der Waals surface area contributed by atoms with E-state index >= 15 is 0 Å². The number of methoxy groups -OCH3 is 1. The summed E-state index contributed by atoms with van der Waals surface area (Å²) in [5.41, 5.74) is 0. The van der Waals surface area contributed by atoms with Crippen LogP contribution in [0.1, 0.15) is 36.0 Å². The predicted octanol–water partition coefficient (Wildman–Crippen LogP) is 1.30. The van der Waals surface area contributed by atoms with Gasteiger partial charge in [0.1, 0.15) is 11.6 Å². The minimum atomic E-state index is -0.703. The SMILES string of the molecule is COCc1nnc2sc(C3CCC(C(=O)O)C3)nn12. The van der Waals surface area contributed by atoms with E-state index in [2.05, 4.69) is 15.3 Å². The van der Waals surface area contributed by atoms with Crippen LogP contribution in [0.15, 0.2) is 0 Å². The lowest BCUT2D eigenvalue weighted by Gasteiger charge is -2.04. The van der Waals surface area contributed by atoms with Gasteiger partial charge in [-0.15, -0.1) is 10.2 Å². The largest absolute Gasteiger partial charge is 0.481 e. The Morgan fingerprint density at radius 2 is 2.37 bits per heavy atom. The van der Waals surface area contributed by atoms with Crippen LogP contribution in [0.2, 0.25) is 0 Å². The Morgan fingerprint density at radius 3 is 3.05 bits per heavy atom. The third-order valence-electron chi connectivity index (χ3n) is 3.48. The summed E-state index contributed by atoms with van der Waals surface area (Å²) in [6.07, 6.45) is 2.27. The van der Waals surface area contributed by atoms with Crippen LogP contribution in [-0.2, 0) is 16.1 Å². The van der Waals surface area contributed by atoms with Gasteiger partial charge in [-0.3, -0.25) is 4.79 Å². The van der Waals surface area contributed by atoms with Crippen LogP contribution >= 0.6 is 11.3 Å². The molecule has 0 aromatic carbocycles. The van der Waals surface area contributed by atoms with Gasteiger partial charge >= 0.3 is 5.97 Å². The summed E-state index contributed by atoms with van der Waals surface area (Å²) in [6.45, 7) is 0.368. The molecule has 8 heteroatoms. The van der Waals surface area contributed by atoms with E-state index in [0.717, 1.165) is 22.8 Å². The molecule has 2 unspecified atom stereocenters. The fraction of sp³-hybridized carbons (Fsp3) is 0.636. The first kappa shape index (κ1) is 12.5. The number of fused-ring (bicyclic) bond motifs is 1. The van der Waals surface area contributed by atoms with E-state index in [1.54, 1.807) is 11.6 Å². The van der Waals surface area contributed by atoms with Crippen LogP contribution in [0.3, 0.4) is 0 Å². The topological polar surface area (TPSA) is 89.6 Å². The molecule has 2 aromatic heterocycles. The molecule has 2 heterocycles. The molecule has 2 aromatic rings. The Hall–Kier alpha value is -1.54. The number of carbonyl (C=O) groups is 1. The highest BCUT2D eigenvalue weighted by molar-refractivity contribution is 7.16. The molecule has 0 spiro atoms. The lowest BCUT2D eigenvalue weighted by atomic mass is 10.1. The summed E-state index contributed by atoms with van der Waals surface area (Å²) < 4.78 is 6.73. The number of aromatic nitrogens is 4. The molecule has 2 atom stereocenters. The van der Waals surface area contributed by atoms with E-state index in [1.807, 2.05) is 0 Å². The Labute approximate surface area is 113 Å². The van der Waals surface area contributed by atoms with Crippen molar-refractivity contribution in [1.29, 1.82) is 0 Å². The van der Waals surface area contributed by atoms with Gasteiger partial charge in [-0.1, -0.05) is 11.3 Å². The van der Waals surface area contributed by atoms with Crippen LogP contribution in [0.5, 0.6) is 0 Å². The zero-order valence-corrected chi connectivity index (χ0v) is 11.3. The Balaban J connectivity index is 1.84. The summed E-state index contributed by atoms with van der Waals surface area (Å²) in [5.74, 6) is -0.0423. The highest BCUT2D eigenvalue weighted by atomic mass is 32.1. The molecule has 0 aliphatic heterocycles. The van der Waals surface area contributed by atoms with Gasteiger partial charge < -0.3 is 9.84 Å². The highest BCUT2D eigenvalue weighted by Crippen LogP contribution is 2.39. The maximum atomic E-state index is 11.0. The molecular formula is C11H14N4O3S. The number of carboxylic acids is 1. The van der Waals surface area contributed by atoms with E-state index in [-0.39, 0.29) is 11.8 Å². The lowest BCUT2D eigenvalue weighted by Crippen LogP contribution is -2.09. The van der Waals surface area contributed by atoms with Gasteiger partial charge in [-0.05, 0) is 19.3 Å². The van der Waals surface area contributed by atoms with Crippen molar-refractivity contribution in [2.24, 2.45) is 5.92 Å². The average Bonchev–Trinajstić information content (AvgIpc) is 3.03. The van der Waals surface area contributed by atoms with Crippen molar-refractivity contribution in [3.05, 3.63) is 10.8 Å². The molecule has 3 rings (SSSR count). The molecule has 0 radical (unpaired) electrons. The van der Waals surface area contributed by atoms with E-state index in [4.69, 9.17) is 9.84 Å². The van der Waals surface area contributed by atoms with Gasteiger partial charge in [0.2, 0.25) is 4.96 Å². The van der Waals surface area contributed by atoms with Crippen LogP contribution in [0.25, 0.3) is 4.96 Å². The van der Waals surface area contributed by atoms with Crippen LogP contribution in [0, 0.1) is 5.92 Å². The van der Waals surface area contributed by atoms with E-state index in [1.165, 1.54) is 11.3 Å². The van der Waals surface area contributed by atoms with Gasteiger partial charge in [0.25, 0.3) is 0 Å². The van der Waals surface area contributed by atoms with Gasteiger partial charge in [-0.2, -0.15) is 9.61 Å². The molecule has 7 nitrogen and oxygen atoms in total. The number of hydrogen-bond acceptors (Lipinski definition) is 6. The van der Waals surface area contributed by atoms with E-state index in [0.29, 0.717) is 18.9 Å². The molecule has 1 fully saturated rings. The van der Waals surface area contributed by atoms with Gasteiger partial charge in [0.05, 0.1) is 5.92 Å². The van der Waals surface area contributed by atoms with Gasteiger partial charge in [-0.25, -0.2) is 0 Å². The highest BCUT2D eigenvalue weighted by Gasteiger charge is 2.32. The van der Waals surface area contributed by atoms with Crippen molar-refractivity contribution in [3.63, 3.8) is 0 Å². The minimum Gasteiger partial charge on any atom is -0.481 e. The van der Waals surface area contributed by atoms with Crippen molar-refractivity contribution < 1.29 is 14.6 Å². The second-order valence-electron chi connectivity index (χ2n) is 4.73.